The van der Waals surface area contributed by atoms with Crippen molar-refractivity contribution in [2.45, 2.75) is 39.8 Å². The Hall–Kier alpha value is -0.880. The molecule has 5 nitrogen and oxygen atoms in total. The monoisotopic (exact) mass is 342 g/mol. The van der Waals surface area contributed by atoms with Crippen molar-refractivity contribution in [3.8, 4) is 0 Å². The highest BCUT2D eigenvalue weighted by atomic mass is 79.9. The van der Waals surface area contributed by atoms with Crippen LogP contribution in [0.5, 0.6) is 0 Å². The molecule has 0 saturated carbocycles. The van der Waals surface area contributed by atoms with E-state index < -0.39 is 0 Å². The minimum absolute atomic E-state index is 0.0551. The summed E-state index contributed by atoms with van der Waals surface area (Å²) in [6.45, 7) is 8.65. The number of hydrogen-bond donors (Lipinski definition) is 1. The lowest BCUT2D eigenvalue weighted by molar-refractivity contribution is 0.462. The third-order valence-electron chi connectivity index (χ3n) is 3.81. The van der Waals surface area contributed by atoms with Gasteiger partial charge < -0.3 is 10.6 Å². The van der Waals surface area contributed by atoms with E-state index in [9.17, 15) is 4.79 Å². The zero-order valence-electron chi connectivity index (χ0n) is 12.3. The first-order valence-electron chi connectivity index (χ1n) is 7.16. The van der Waals surface area contributed by atoms with Crippen LogP contribution in [0.3, 0.4) is 0 Å². The second-order valence-electron chi connectivity index (χ2n) is 6.08. The van der Waals surface area contributed by atoms with Gasteiger partial charge in [0.2, 0.25) is 0 Å². The fourth-order valence-electron chi connectivity index (χ4n) is 2.59. The molecule has 1 aromatic rings. The van der Waals surface area contributed by atoms with E-state index in [0.29, 0.717) is 22.9 Å². The van der Waals surface area contributed by atoms with Gasteiger partial charge in [0.05, 0.1) is 11.9 Å². The molecule has 1 aromatic heterocycles. The summed E-state index contributed by atoms with van der Waals surface area (Å²) in [6, 6.07) is 0.188. The normalized spacial score (nSPS) is 20.7. The first-order valence-corrected chi connectivity index (χ1v) is 7.95. The zero-order chi connectivity index (χ0) is 14.9. The third kappa shape index (κ3) is 3.23. The van der Waals surface area contributed by atoms with Gasteiger partial charge in [-0.05, 0) is 41.1 Å². The largest absolute Gasteiger partial charge is 0.369 e. The number of halogens is 1. The highest BCUT2D eigenvalue weighted by Gasteiger charge is 2.27. The molecule has 0 bridgehead atoms. The lowest BCUT2D eigenvalue weighted by atomic mass is 10.0. The summed E-state index contributed by atoms with van der Waals surface area (Å²) in [4.78, 5) is 14.5. The summed E-state index contributed by atoms with van der Waals surface area (Å²) in [5, 5.41) is 4.29. The highest BCUT2D eigenvalue weighted by molar-refractivity contribution is 9.10. The minimum atomic E-state index is -0.0551. The summed E-state index contributed by atoms with van der Waals surface area (Å²) in [5.41, 5.74) is 6.80. The summed E-state index contributed by atoms with van der Waals surface area (Å²) in [5.74, 6) is 0.882. The van der Waals surface area contributed by atoms with E-state index in [4.69, 9.17) is 5.73 Å². The molecule has 2 unspecified atom stereocenters. The Morgan fingerprint density at radius 3 is 2.75 bits per heavy atom. The van der Waals surface area contributed by atoms with E-state index in [1.54, 1.807) is 6.20 Å². The van der Waals surface area contributed by atoms with Gasteiger partial charge in [0.25, 0.3) is 5.56 Å². The Bertz CT molecular complexity index is 526. The maximum atomic E-state index is 12.3. The van der Waals surface area contributed by atoms with Crippen LogP contribution in [0, 0.1) is 11.8 Å². The van der Waals surface area contributed by atoms with Crippen LogP contribution in [0.4, 0.5) is 5.69 Å². The van der Waals surface area contributed by atoms with Gasteiger partial charge in [0.1, 0.15) is 4.47 Å². The van der Waals surface area contributed by atoms with Crippen molar-refractivity contribution in [3.05, 3.63) is 21.0 Å². The summed E-state index contributed by atoms with van der Waals surface area (Å²) < 4.78 is 2.13. The zero-order valence-corrected chi connectivity index (χ0v) is 13.9. The van der Waals surface area contributed by atoms with Gasteiger partial charge in [-0.3, -0.25) is 4.79 Å². The van der Waals surface area contributed by atoms with E-state index in [0.717, 1.165) is 25.2 Å². The fraction of sp³-hybridized carbons (Fsp3) is 0.714. The van der Waals surface area contributed by atoms with Crippen LogP contribution in [0.1, 0.15) is 27.2 Å². The molecule has 0 aromatic carbocycles. The maximum absolute atomic E-state index is 12.3. The standard InChI is InChI=1S/C14H23BrN4O/c1-9(2)7-19-14(20)13(15)12(6-17-19)18-5-4-11(8-18)10(3)16/h6,9-11H,4-5,7-8,16H2,1-3H3. The Labute approximate surface area is 128 Å². The molecule has 2 heterocycles. The SMILES string of the molecule is CC(C)Cn1ncc(N2CCC(C(C)N)C2)c(Br)c1=O. The van der Waals surface area contributed by atoms with Crippen molar-refractivity contribution < 1.29 is 0 Å². The first-order chi connectivity index (χ1) is 9.40. The average molecular weight is 343 g/mol. The molecule has 0 amide bonds. The van der Waals surface area contributed by atoms with E-state index >= 15 is 0 Å². The van der Waals surface area contributed by atoms with Crippen molar-refractivity contribution in [1.82, 2.24) is 9.78 Å². The van der Waals surface area contributed by atoms with Crippen LogP contribution in [0.2, 0.25) is 0 Å². The van der Waals surface area contributed by atoms with Crippen LogP contribution in [-0.4, -0.2) is 28.9 Å². The number of nitrogens with two attached hydrogens (primary N) is 1. The van der Waals surface area contributed by atoms with Gasteiger partial charge in [0.15, 0.2) is 0 Å². The smallest absolute Gasteiger partial charge is 0.283 e. The molecule has 20 heavy (non-hydrogen) atoms. The molecule has 1 aliphatic heterocycles. The lowest BCUT2D eigenvalue weighted by Crippen LogP contribution is -2.32. The van der Waals surface area contributed by atoms with Gasteiger partial charge in [-0.15, -0.1) is 0 Å². The molecular weight excluding hydrogens is 320 g/mol. The Balaban J connectivity index is 2.22. The van der Waals surface area contributed by atoms with Gasteiger partial charge in [-0.2, -0.15) is 5.10 Å². The lowest BCUT2D eigenvalue weighted by Gasteiger charge is -2.21. The Kier molecular flexibility index (Phi) is 4.86. The molecule has 0 spiro atoms. The quantitative estimate of drug-likeness (QED) is 0.906. The third-order valence-corrected chi connectivity index (χ3v) is 4.56. The summed E-state index contributed by atoms with van der Waals surface area (Å²) in [7, 11) is 0. The molecule has 2 rings (SSSR count). The van der Waals surface area contributed by atoms with E-state index in [1.807, 2.05) is 6.92 Å². The molecular formula is C14H23BrN4O. The Morgan fingerprint density at radius 1 is 1.50 bits per heavy atom. The second kappa shape index (κ2) is 6.26. The highest BCUT2D eigenvalue weighted by Crippen LogP contribution is 2.28. The van der Waals surface area contributed by atoms with Crippen LogP contribution in [0.25, 0.3) is 0 Å². The first kappa shape index (κ1) is 15.5. The number of aromatic nitrogens is 2. The second-order valence-corrected chi connectivity index (χ2v) is 6.87. The maximum Gasteiger partial charge on any atom is 0.283 e. The molecule has 0 aliphatic carbocycles. The van der Waals surface area contributed by atoms with Crippen molar-refractivity contribution in [3.63, 3.8) is 0 Å². The van der Waals surface area contributed by atoms with Crippen molar-refractivity contribution in [1.29, 1.82) is 0 Å². The van der Waals surface area contributed by atoms with Crippen molar-refractivity contribution in [2.75, 3.05) is 18.0 Å². The van der Waals surface area contributed by atoms with Gasteiger partial charge in [-0.25, -0.2) is 4.68 Å². The summed E-state index contributed by atoms with van der Waals surface area (Å²) in [6.07, 6.45) is 2.86. The molecule has 6 heteroatoms. The van der Waals surface area contributed by atoms with E-state index in [1.165, 1.54) is 4.68 Å². The molecule has 2 N–H and O–H groups in total. The Morgan fingerprint density at radius 2 is 2.20 bits per heavy atom. The number of anilines is 1. The van der Waals surface area contributed by atoms with E-state index in [2.05, 4.69) is 39.8 Å². The van der Waals surface area contributed by atoms with Crippen LogP contribution < -0.4 is 16.2 Å². The average Bonchev–Trinajstić information content (AvgIpc) is 2.84. The molecule has 1 aliphatic rings. The van der Waals surface area contributed by atoms with Gasteiger partial charge in [-0.1, -0.05) is 13.8 Å². The number of rotatable bonds is 4. The van der Waals surface area contributed by atoms with Crippen molar-refractivity contribution >= 4 is 21.6 Å². The molecule has 2 atom stereocenters. The fourth-order valence-corrected chi connectivity index (χ4v) is 3.15. The van der Waals surface area contributed by atoms with Gasteiger partial charge in [0, 0.05) is 25.7 Å². The molecule has 1 saturated heterocycles. The van der Waals surface area contributed by atoms with Crippen molar-refractivity contribution in [2.24, 2.45) is 17.6 Å². The predicted molar refractivity (Wildman–Crippen MR) is 85.0 cm³/mol. The molecule has 0 radical (unpaired) electrons. The summed E-state index contributed by atoms with van der Waals surface area (Å²) >= 11 is 3.44. The number of hydrogen-bond acceptors (Lipinski definition) is 4. The van der Waals surface area contributed by atoms with Crippen LogP contribution >= 0.6 is 15.9 Å². The molecule has 1 fully saturated rings. The van der Waals surface area contributed by atoms with E-state index in [-0.39, 0.29) is 11.6 Å². The minimum Gasteiger partial charge on any atom is -0.369 e. The van der Waals surface area contributed by atoms with Gasteiger partial charge >= 0.3 is 0 Å². The van der Waals surface area contributed by atoms with Crippen LogP contribution in [-0.2, 0) is 6.54 Å². The molecule has 112 valence electrons. The van der Waals surface area contributed by atoms with Crippen LogP contribution in [0.15, 0.2) is 15.5 Å². The topological polar surface area (TPSA) is 64.2 Å². The predicted octanol–water partition coefficient (Wildman–Crippen LogP) is 1.84. The number of nitrogens with zero attached hydrogens (tertiary/aromatic N) is 3.